The number of piperidine rings is 1. The third-order valence-corrected chi connectivity index (χ3v) is 4.12. The molecule has 6 nitrogen and oxygen atoms in total. The average Bonchev–Trinajstić information content (AvgIpc) is 2.62. The minimum Gasteiger partial charge on any atom is -0.493 e. The number of carbonyl (C=O) groups excluding carboxylic acids is 2. The van der Waals surface area contributed by atoms with Crippen molar-refractivity contribution in [3.63, 3.8) is 0 Å². The molecule has 0 saturated carbocycles. The Labute approximate surface area is 149 Å². The van der Waals surface area contributed by atoms with E-state index in [1.54, 1.807) is 0 Å². The number of nitrogens with zero attached hydrogens (tertiary/aromatic N) is 1. The van der Waals surface area contributed by atoms with E-state index in [-0.39, 0.29) is 12.5 Å². The third-order valence-electron chi connectivity index (χ3n) is 4.12. The maximum Gasteiger partial charge on any atom is 0.303 e. The lowest BCUT2D eigenvalue weighted by molar-refractivity contribution is -0.146. The van der Waals surface area contributed by atoms with E-state index in [9.17, 15) is 9.59 Å². The summed E-state index contributed by atoms with van der Waals surface area (Å²) in [5, 5.41) is 2.70. The van der Waals surface area contributed by atoms with Crippen LogP contribution in [-0.2, 0) is 20.9 Å². The Morgan fingerprint density at radius 3 is 2.68 bits per heavy atom. The molecule has 1 heterocycles. The zero-order valence-electron chi connectivity index (χ0n) is 15.0. The van der Waals surface area contributed by atoms with Crippen LogP contribution in [0.1, 0.15) is 38.2 Å². The number of amides is 1. The molecule has 1 aromatic rings. The molecular weight excluding hydrogens is 320 g/mol. The lowest BCUT2D eigenvalue weighted by Gasteiger charge is -2.27. The van der Waals surface area contributed by atoms with Crippen LogP contribution in [0.4, 0.5) is 0 Å². The molecule has 1 aliphatic rings. The van der Waals surface area contributed by atoms with Crippen LogP contribution in [-0.4, -0.2) is 49.6 Å². The molecule has 0 spiro atoms. The predicted octanol–water partition coefficient (Wildman–Crippen LogP) is 2.12. The largest absolute Gasteiger partial charge is 0.493 e. The third kappa shape index (κ3) is 7.56. The normalized spacial score (nSPS) is 14.8. The van der Waals surface area contributed by atoms with E-state index in [0.29, 0.717) is 19.6 Å². The summed E-state index contributed by atoms with van der Waals surface area (Å²) in [5.41, 5.74) is 1.21. The van der Waals surface area contributed by atoms with Crippen molar-refractivity contribution in [2.75, 3.05) is 32.8 Å². The fourth-order valence-corrected chi connectivity index (χ4v) is 2.83. The second kappa shape index (κ2) is 10.7. The standard InChI is InChI=1S/C19H28N2O4/c1-16(22)25-15-19(23)20-10-7-13-24-18-9-4-3-8-17(18)14-21-11-5-2-6-12-21/h3-4,8-9H,2,5-7,10-15H2,1H3,(H,20,23). The van der Waals surface area contributed by atoms with Gasteiger partial charge in [0.15, 0.2) is 6.61 Å². The molecule has 1 aromatic carbocycles. The number of carbonyl (C=O) groups is 2. The van der Waals surface area contributed by atoms with Crippen molar-refractivity contribution >= 4 is 11.9 Å². The van der Waals surface area contributed by atoms with Gasteiger partial charge in [-0.25, -0.2) is 0 Å². The highest BCUT2D eigenvalue weighted by atomic mass is 16.5. The van der Waals surface area contributed by atoms with Crippen LogP contribution in [0.25, 0.3) is 0 Å². The first-order valence-corrected chi connectivity index (χ1v) is 8.98. The lowest BCUT2D eigenvalue weighted by atomic mass is 10.1. The molecule has 1 amide bonds. The Kier molecular flexibility index (Phi) is 8.25. The Balaban J connectivity index is 1.68. The van der Waals surface area contributed by atoms with Gasteiger partial charge < -0.3 is 14.8 Å². The summed E-state index contributed by atoms with van der Waals surface area (Å²) in [5.74, 6) is 0.170. The first-order chi connectivity index (χ1) is 12.1. The molecule has 0 radical (unpaired) electrons. The van der Waals surface area contributed by atoms with Crippen LogP contribution in [0.15, 0.2) is 24.3 Å². The van der Waals surface area contributed by atoms with Gasteiger partial charge in [0.2, 0.25) is 0 Å². The molecule has 2 rings (SSSR count). The van der Waals surface area contributed by atoms with E-state index in [2.05, 4.69) is 21.0 Å². The van der Waals surface area contributed by atoms with E-state index in [1.165, 1.54) is 31.7 Å². The Hall–Kier alpha value is -2.08. The number of nitrogens with one attached hydrogen (secondary N) is 1. The SMILES string of the molecule is CC(=O)OCC(=O)NCCCOc1ccccc1CN1CCCCC1. The number of hydrogen-bond acceptors (Lipinski definition) is 5. The van der Waals surface area contributed by atoms with Crippen LogP contribution < -0.4 is 10.1 Å². The second-order valence-corrected chi connectivity index (χ2v) is 6.28. The fraction of sp³-hybridized carbons (Fsp3) is 0.579. The Bertz CT molecular complexity index is 556. The van der Waals surface area contributed by atoms with E-state index < -0.39 is 5.97 Å². The first-order valence-electron chi connectivity index (χ1n) is 8.98. The monoisotopic (exact) mass is 348 g/mol. The van der Waals surface area contributed by atoms with Crippen molar-refractivity contribution in [1.82, 2.24) is 10.2 Å². The summed E-state index contributed by atoms with van der Waals surface area (Å²) in [7, 11) is 0. The van der Waals surface area contributed by atoms with Crippen LogP contribution in [0.3, 0.4) is 0 Å². The smallest absolute Gasteiger partial charge is 0.303 e. The molecule has 0 unspecified atom stereocenters. The maximum atomic E-state index is 11.4. The van der Waals surface area contributed by atoms with Crippen LogP contribution in [0.2, 0.25) is 0 Å². The molecule has 0 atom stereocenters. The van der Waals surface area contributed by atoms with E-state index in [4.69, 9.17) is 4.74 Å². The lowest BCUT2D eigenvalue weighted by Crippen LogP contribution is -2.30. The summed E-state index contributed by atoms with van der Waals surface area (Å²) in [6, 6.07) is 8.14. The van der Waals surface area contributed by atoms with Crippen LogP contribution in [0, 0.1) is 0 Å². The zero-order chi connectivity index (χ0) is 17.9. The average molecular weight is 348 g/mol. The summed E-state index contributed by atoms with van der Waals surface area (Å²) in [6.45, 7) is 5.32. The van der Waals surface area contributed by atoms with Crippen LogP contribution >= 0.6 is 0 Å². The maximum absolute atomic E-state index is 11.4. The van der Waals surface area contributed by atoms with E-state index in [1.807, 2.05) is 18.2 Å². The van der Waals surface area contributed by atoms with Gasteiger partial charge in [-0.2, -0.15) is 0 Å². The highest BCUT2D eigenvalue weighted by Gasteiger charge is 2.13. The predicted molar refractivity (Wildman–Crippen MR) is 95.3 cm³/mol. The minimum absolute atomic E-state index is 0.227. The molecule has 6 heteroatoms. The van der Waals surface area contributed by atoms with Gasteiger partial charge in [-0.1, -0.05) is 24.6 Å². The molecule has 1 saturated heterocycles. The topological polar surface area (TPSA) is 67.9 Å². The molecule has 1 fully saturated rings. The Morgan fingerprint density at radius 2 is 1.92 bits per heavy atom. The van der Waals surface area contributed by atoms with Gasteiger partial charge in [-0.15, -0.1) is 0 Å². The number of likely N-dealkylation sites (tertiary alicyclic amines) is 1. The van der Waals surface area contributed by atoms with Crippen molar-refractivity contribution in [2.45, 2.75) is 39.2 Å². The quantitative estimate of drug-likeness (QED) is 0.547. The minimum atomic E-state index is -0.455. The number of para-hydroxylation sites is 1. The molecule has 138 valence electrons. The Morgan fingerprint density at radius 1 is 1.16 bits per heavy atom. The van der Waals surface area contributed by atoms with Gasteiger partial charge in [0.05, 0.1) is 6.61 Å². The van der Waals surface area contributed by atoms with Crippen molar-refractivity contribution in [3.05, 3.63) is 29.8 Å². The molecule has 25 heavy (non-hydrogen) atoms. The molecule has 1 aliphatic heterocycles. The number of benzene rings is 1. The molecule has 0 aromatic heterocycles. The molecular formula is C19H28N2O4. The number of rotatable bonds is 9. The number of esters is 1. The van der Waals surface area contributed by atoms with Crippen molar-refractivity contribution in [3.8, 4) is 5.75 Å². The van der Waals surface area contributed by atoms with Gasteiger partial charge in [0.1, 0.15) is 5.75 Å². The van der Waals surface area contributed by atoms with Crippen LogP contribution in [0.5, 0.6) is 5.75 Å². The zero-order valence-corrected chi connectivity index (χ0v) is 15.0. The summed E-state index contributed by atoms with van der Waals surface area (Å²) >= 11 is 0. The molecule has 0 bridgehead atoms. The van der Waals surface area contributed by atoms with E-state index in [0.717, 1.165) is 25.4 Å². The highest BCUT2D eigenvalue weighted by molar-refractivity contribution is 5.79. The van der Waals surface area contributed by atoms with Gasteiger partial charge >= 0.3 is 5.97 Å². The second-order valence-electron chi connectivity index (χ2n) is 6.28. The molecule has 1 N–H and O–H groups in total. The summed E-state index contributed by atoms with van der Waals surface area (Å²) in [4.78, 5) is 24.5. The summed E-state index contributed by atoms with van der Waals surface area (Å²) in [6.07, 6.45) is 4.58. The van der Waals surface area contributed by atoms with Gasteiger partial charge in [0, 0.05) is 25.6 Å². The molecule has 0 aliphatic carbocycles. The van der Waals surface area contributed by atoms with E-state index >= 15 is 0 Å². The van der Waals surface area contributed by atoms with Gasteiger partial charge in [-0.3, -0.25) is 14.5 Å². The number of ether oxygens (including phenoxy) is 2. The van der Waals surface area contributed by atoms with Gasteiger partial charge in [-0.05, 0) is 38.4 Å². The first kappa shape index (κ1) is 19.2. The van der Waals surface area contributed by atoms with Crippen molar-refractivity contribution < 1.29 is 19.1 Å². The van der Waals surface area contributed by atoms with Crippen molar-refractivity contribution in [1.29, 1.82) is 0 Å². The highest BCUT2D eigenvalue weighted by Crippen LogP contribution is 2.21. The summed E-state index contributed by atoms with van der Waals surface area (Å²) < 4.78 is 10.5. The fourth-order valence-electron chi connectivity index (χ4n) is 2.83. The van der Waals surface area contributed by atoms with Crippen molar-refractivity contribution in [2.24, 2.45) is 0 Å². The van der Waals surface area contributed by atoms with Gasteiger partial charge in [0.25, 0.3) is 5.91 Å². The number of hydrogen-bond donors (Lipinski definition) is 1.